The predicted molar refractivity (Wildman–Crippen MR) is 284 cm³/mol. The van der Waals surface area contributed by atoms with Crippen LogP contribution in [0.15, 0.2) is 97.2 Å². The minimum absolute atomic E-state index is 0.108. The second-order valence-corrected chi connectivity index (χ2v) is 17.9. The number of carbonyl (C=O) groups excluding carboxylic acids is 3. The molecule has 0 radical (unpaired) electrons. The molecule has 0 bridgehead atoms. The summed E-state index contributed by atoms with van der Waals surface area (Å²) in [6.07, 6.45) is 71.2. The van der Waals surface area contributed by atoms with E-state index in [2.05, 4.69) is 63.3 Å². The third-order valence-corrected chi connectivity index (χ3v) is 11.4. The number of unbranched alkanes of at least 4 members (excludes halogenated alkanes) is 25. The molecule has 0 aliphatic rings. The van der Waals surface area contributed by atoms with Gasteiger partial charge in [-0.25, -0.2) is 0 Å². The highest BCUT2D eigenvalue weighted by Crippen LogP contribution is 2.14. The molecule has 0 N–H and O–H groups in total. The van der Waals surface area contributed by atoms with E-state index in [1.54, 1.807) is 0 Å². The highest BCUT2D eigenvalue weighted by atomic mass is 16.6. The van der Waals surface area contributed by atoms with Crippen LogP contribution in [0, 0.1) is 0 Å². The SMILES string of the molecule is CC/C=C/C=C/C=C/C=C/C=C/CCCC(=O)OCC(COC(=O)CCCCCCC/C=C/CCCCCCCCCCC)OC(=O)CCCCCCCCC/C=C/C/C=C/CCCCC. The Labute approximate surface area is 407 Å². The Bertz CT molecular complexity index is 1330. The van der Waals surface area contributed by atoms with Crippen molar-refractivity contribution in [1.82, 2.24) is 0 Å². The average molecular weight is 917 g/mol. The lowest BCUT2D eigenvalue weighted by Crippen LogP contribution is -2.30. The molecule has 6 heteroatoms. The Morgan fingerprint density at radius 2 is 0.667 bits per heavy atom. The van der Waals surface area contributed by atoms with Gasteiger partial charge >= 0.3 is 17.9 Å². The van der Waals surface area contributed by atoms with E-state index in [4.69, 9.17) is 14.2 Å². The van der Waals surface area contributed by atoms with Crippen LogP contribution in [0.3, 0.4) is 0 Å². The van der Waals surface area contributed by atoms with E-state index in [9.17, 15) is 14.4 Å². The minimum atomic E-state index is -0.815. The second kappa shape index (κ2) is 53.9. The van der Waals surface area contributed by atoms with E-state index in [1.807, 2.05) is 54.7 Å². The first-order valence-corrected chi connectivity index (χ1v) is 27.3. The molecule has 0 rings (SSSR count). The summed E-state index contributed by atoms with van der Waals surface area (Å²) in [5, 5.41) is 0. The molecule has 0 fully saturated rings. The number of carbonyl (C=O) groups is 3. The summed E-state index contributed by atoms with van der Waals surface area (Å²) in [7, 11) is 0. The van der Waals surface area contributed by atoms with E-state index in [1.165, 1.54) is 122 Å². The number of rotatable bonds is 48. The van der Waals surface area contributed by atoms with Crippen molar-refractivity contribution < 1.29 is 28.6 Å². The smallest absolute Gasteiger partial charge is 0.306 e. The third-order valence-electron chi connectivity index (χ3n) is 11.4. The highest BCUT2D eigenvalue weighted by Gasteiger charge is 2.19. The summed E-state index contributed by atoms with van der Waals surface area (Å²) in [4.78, 5) is 38.0. The van der Waals surface area contributed by atoms with Gasteiger partial charge in [-0.3, -0.25) is 14.4 Å². The summed E-state index contributed by atoms with van der Waals surface area (Å²) in [6.45, 7) is 6.39. The van der Waals surface area contributed by atoms with E-state index in [-0.39, 0.29) is 37.5 Å². The van der Waals surface area contributed by atoms with Crippen molar-refractivity contribution in [3.8, 4) is 0 Å². The van der Waals surface area contributed by atoms with Gasteiger partial charge in [0.15, 0.2) is 6.10 Å². The first kappa shape index (κ1) is 62.3. The van der Waals surface area contributed by atoms with Crippen LogP contribution in [0.2, 0.25) is 0 Å². The molecule has 0 aromatic heterocycles. The fourth-order valence-corrected chi connectivity index (χ4v) is 7.32. The van der Waals surface area contributed by atoms with E-state index in [0.29, 0.717) is 19.3 Å². The average Bonchev–Trinajstić information content (AvgIpc) is 3.31. The van der Waals surface area contributed by atoms with Crippen LogP contribution >= 0.6 is 0 Å². The molecule has 0 amide bonds. The molecule has 1 unspecified atom stereocenters. The number of esters is 3. The third kappa shape index (κ3) is 51.3. The predicted octanol–water partition coefficient (Wildman–Crippen LogP) is 18.1. The lowest BCUT2D eigenvalue weighted by atomic mass is 10.1. The summed E-state index contributed by atoms with van der Waals surface area (Å²) in [5.41, 5.74) is 0. The van der Waals surface area contributed by atoms with E-state index >= 15 is 0 Å². The van der Waals surface area contributed by atoms with Gasteiger partial charge in [0.1, 0.15) is 13.2 Å². The van der Waals surface area contributed by atoms with Crippen LogP contribution in [0.1, 0.15) is 245 Å². The van der Waals surface area contributed by atoms with Gasteiger partial charge in [0.25, 0.3) is 0 Å². The van der Waals surface area contributed by atoms with Crippen LogP contribution in [0.4, 0.5) is 0 Å². The van der Waals surface area contributed by atoms with Gasteiger partial charge < -0.3 is 14.2 Å². The van der Waals surface area contributed by atoms with Crippen LogP contribution in [-0.2, 0) is 28.6 Å². The van der Waals surface area contributed by atoms with Crippen LogP contribution in [0.25, 0.3) is 0 Å². The van der Waals surface area contributed by atoms with Crippen molar-refractivity contribution in [2.24, 2.45) is 0 Å². The zero-order valence-corrected chi connectivity index (χ0v) is 42.9. The Morgan fingerprint density at radius 3 is 1.14 bits per heavy atom. The topological polar surface area (TPSA) is 78.9 Å². The molecule has 0 spiro atoms. The van der Waals surface area contributed by atoms with Gasteiger partial charge in [0.05, 0.1) is 0 Å². The van der Waals surface area contributed by atoms with Gasteiger partial charge in [-0.15, -0.1) is 0 Å². The van der Waals surface area contributed by atoms with Crippen molar-refractivity contribution in [2.45, 2.75) is 252 Å². The molecular formula is C60H100O6. The normalized spacial score (nSPS) is 12.8. The number of hydrogen-bond donors (Lipinski definition) is 0. The zero-order chi connectivity index (χ0) is 47.9. The largest absolute Gasteiger partial charge is 0.462 e. The molecule has 376 valence electrons. The van der Waals surface area contributed by atoms with Gasteiger partial charge in [-0.05, 0) is 89.9 Å². The Balaban J connectivity index is 4.48. The van der Waals surface area contributed by atoms with Gasteiger partial charge in [-0.2, -0.15) is 0 Å². The molecule has 0 aromatic rings. The number of ether oxygens (including phenoxy) is 3. The number of allylic oxidation sites excluding steroid dienone is 16. The molecule has 66 heavy (non-hydrogen) atoms. The van der Waals surface area contributed by atoms with Crippen molar-refractivity contribution in [1.29, 1.82) is 0 Å². The molecule has 0 heterocycles. The lowest BCUT2D eigenvalue weighted by Gasteiger charge is -2.18. The highest BCUT2D eigenvalue weighted by molar-refractivity contribution is 5.71. The molecule has 0 aliphatic carbocycles. The first-order valence-electron chi connectivity index (χ1n) is 27.3. The maximum absolute atomic E-state index is 12.8. The second-order valence-electron chi connectivity index (χ2n) is 17.9. The maximum Gasteiger partial charge on any atom is 0.306 e. The first-order chi connectivity index (χ1) is 32.5. The molecule has 1 atom stereocenters. The molecular weight excluding hydrogens is 817 g/mol. The lowest BCUT2D eigenvalue weighted by molar-refractivity contribution is -0.167. The molecule has 0 aliphatic heterocycles. The minimum Gasteiger partial charge on any atom is -0.462 e. The Morgan fingerprint density at radius 1 is 0.333 bits per heavy atom. The van der Waals surface area contributed by atoms with E-state index in [0.717, 1.165) is 77.0 Å². The molecule has 0 saturated heterocycles. The van der Waals surface area contributed by atoms with Crippen LogP contribution in [0.5, 0.6) is 0 Å². The Kier molecular flexibility index (Phi) is 50.9. The van der Waals surface area contributed by atoms with Gasteiger partial charge in [-0.1, -0.05) is 234 Å². The van der Waals surface area contributed by atoms with E-state index < -0.39 is 6.10 Å². The molecule has 0 saturated carbocycles. The van der Waals surface area contributed by atoms with Crippen LogP contribution < -0.4 is 0 Å². The Hall–Kier alpha value is -3.67. The van der Waals surface area contributed by atoms with Crippen molar-refractivity contribution >= 4 is 17.9 Å². The standard InChI is InChI=1S/C60H100O6/c1-4-7-10-13-16-19-22-25-27-29-31-32-35-38-41-44-47-50-53-59(62)65-56-57(55-64-58(61)52-49-46-43-40-37-34-24-21-18-15-12-9-6-3)66-60(63)54-51-48-45-42-39-36-33-30-28-26-23-20-17-14-11-8-5-2/h9,12,15,17-18,20-21,24,26,28,31-32,34,37,40,43,57H,4-8,10-11,13-14,16,19,22-23,25,27,29-30,33,35-36,38-39,41-42,44-56H2,1-3H3/b12-9+,18-15+,20-17+,24-21+,28-26+,32-31+,37-34+,43-40+. The van der Waals surface area contributed by atoms with Gasteiger partial charge in [0.2, 0.25) is 0 Å². The summed E-state index contributed by atoms with van der Waals surface area (Å²) >= 11 is 0. The van der Waals surface area contributed by atoms with Crippen molar-refractivity contribution in [3.63, 3.8) is 0 Å². The molecule has 0 aromatic carbocycles. The molecule has 6 nitrogen and oxygen atoms in total. The fraction of sp³-hybridized carbons (Fsp3) is 0.683. The maximum atomic E-state index is 12.8. The zero-order valence-electron chi connectivity index (χ0n) is 42.9. The quantitative estimate of drug-likeness (QED) is 0.0199. The summed E-state index contributed by atoms with van der Waals surface area (Å²) < 4.78 is 16.7. The van der Waals surface area contributed by atoms with Crippen molar-refractivity contribution in [2.75, 3.05) is 13.2 Å². The van der Waals surface area contributed by atoms with Gasteiger partial charge in [0, 0.05) is 19.3 Å². The summed E-state index contributed by atoms with van der Waals surface area (Å²) in [6, 6.07) is 0. The van der Waals surface area contributed by atoms with Crippen LogP contribution in [-0.4, -0.2) is 37.2 Å². The monoisotopic (exact) mass is 917 g/mol. The summed E-state index contributed by atoms with van der Waals surface area (Å²) in [5.74, 6) is -1.00. The number of hydrogen-bond acceptors (Lipinski definition) is 6. The van der Waals surface area contributed by atoms with Crippen molar-refractivity contribution in [3.05, 3.63) is 97.2 Å². The fourth-order valence-electron chi connectivity index (χ4n) is 7.32.